The predicted molar refractivity (Wildman–Crippen MR) is 57.4 cm³/mol. The minimum Gasteiger partial charge on any atom is -0.478 e. The summed E-state index contributed by atoms with van der Waals surface area (Å²) in [6.45, 7) is 1.65. The maximum Gasteiger partial charge on any atom is 0.280 e. The van der Waals surface area contributed by atoms with Crippen LogP contribution in [0, 0.1) is 22.5 Å². The highest BCUT2D eigenvalue weighted by atomic mass is 16.6. The van der Waals surface area contributed by atoms with E-state index in [1.165, 1.54) is 18.2 Å². The van der Waals surface area contributed by atoms with Gasteiger partial charge >= 0.3 is 0 Å². The number of ether oxygens (including phenoxy) is 1. The Bertz CT molecular complexity index is 462. The quantitative estimate of drug-likeness (QED) is 0.335. The number of carbonyl (C=O) groups excluding carboxylic acids is 1. The normalized spacial score (nSPS) is 11.2. The minimum atomic E-state index is -0.627. The molecule has 82 valence electrons. The van der Waals surface area contributed by atoms with Gasteiger partial charge in [-0.25, -0.2) is 0 Å². The average Bonchev–Trinajstić information content (AvgIpc) is 2.28. The molecule has 1 unspecified atom stereocenters. The van der Waals surface area contributed by atoms with E-state index < -0.39 is 11.0 Å². The first-order chi connectivity index (χ1) is 7.58. The van der Waals surface area contributed by atoms with Gasteiger partial charge in [0.2, 0.25) is 0 Å². The molecule has 0 amide bonds. The maximum absolute atomic E-state index is 10.6. The van der Waals surface area contributed by atoms with Crippen LogP contribution in [-0.2, 0) is 0 Å². The molecule has 0 saturated heterocycles. The first kappa shape index (κ1) is 11.7. The molecule has 0 bridgehead atoms. The molecular formula is C11H9NO4. The number of rotatable bonds is 4. The third kappa shape index (κ3) is 2.58. The number of carbonyl (C=O) groups is 1. The molecule has 1 atom stereocenters. The van der Waals surface area contributed by atoms with Gasteiger partial charge in [-0.05, 0) is 19.1 Å². The molecule has 0 aliphatic heterocycles. The number of benzene rings is 1. The van der Waals surface area contributed by atoms with Crippen LogP contribution in [0.15, 0.2) is 18.2 Å². The molecular weight excluding hydrogens is 210 g/mol. The van der Waals surface area contributed by atoms with Gasteiger partial charge in [0.05, 0.1) is 10.5 Å². The first-order valence-electron chi connectivity index (χ1n) is 4.45. The first-order valence-corrected chi connectivity index (χ1v) is 4.45. The molecule has 1 rings (SSSR count). The zero-order valence-electron chi connectivity index (χ0n) is 8.54. The molecule has 0 N–H and O–H groups in total. The van der Waals surface area contributed by atoms with Crippen molar-refractivity contribution in [1.82, 2.24) is 0 Å². The Hall–Kier alpha value is -2.35. The van der Waals surface area contributed by atoms with Crippen molar-refractivity contribution in [3.05, 3.63) is 33.9 Å². The highest BCUT2D eigenvalue weighted by Crippen LogP contribution is 2.23. The molecule has 0 aliphatic carbocycles. The number of nitrogens with zero attached hydrogens (tertiary/aromatic N) is 1. The van der Waals surface area contributed by atoms with E-state index in [1.807, 2.05) is 0 Å². The molecule has 16 heavy (non-hydrogen) atoms. The SMILES string of the molecule is C#CC(C)Oc1ccc([N+](=O)[O-])c(C=O)c1. The zero-order valence-corrected chi connectivity index (χ0v) is 8.54. The molecule has 0 aliphatic rings. The summed E-state index contributed by atoms with van der Waals surface area (Å²) in [5.74, 6) is 2.68. The fourth-order valence-corrected chi connectivity index (χ4v) is 1.10. The van der Waals surface area contributed by atoms with Gasteiger partial charge in [-0.1, -0.05) is 5.92 Å². The molecule has 0 radical (unpaired) electrons. The summed E-state index contributed by atoms with van der Waals surface area (Å²) < 4.78 is 5.22. The van der Waals surface area contributed by atoms with E-state index >= 15 is 0 Å². The summed E-state index contributed by atoms with van der Waals surface area (Å²) in [5, 5.41) is 10.5. The summed E-state index contributed by atoms with van der Waals surface area (Å²) in [6.07, 6.45) is 5.07. The number of hydrogen-bond donors (Lipinski definition) is 0. The van der Waals surface area contributed by atoms with Gasteiger partial charge in [-0.2, -0.15) is 0 Å². The fourth-order valence-electron chi connectivity index (χ4n) is 1.10. The topological polar surface area (TPSA) is 69.4 Å². The van der Waals surface area contributed by atoms with Crippen LogP contribution in [0.4, 0.5) is 5.69 Å². The van der Waals surface area contributed by atoms with Crippen LogP contribution >= 0.6 is 0 Å². The molecule has 0 aromatic heterocycles. The van der Waals surface area contributed by atoms with Crippen LogP contribution in [0.2, 0.25) is 0 Å². The van der Waals surface area contributed by atoms with Crippen molar-refractivity contribution in [2.45, 2.75) is 13.0 Å². The maximum atomic E-state index is 10.6. The molecule has 0 saturated carbocycles. The van der Waals surface area contributed by atoms with Crippen LogP contribution in [0.3, 0.4) is 0 Å². The van der Waals surface area contributed by atoms with Crippen molar-refractivity contribution in [1.29, 1.82) is 0 Å². The Kier molecular flexibility index (Phi) is 3.62. The highest BCUT2D eigenvalue weighted by Gasteiger charge is 2.14. The van der Waals surface area contributed by atoms with Crippen LogP contribution in [0.5, 0.6) is 5.75 Å². The number of terminal acetylenes is 1. The van der Waals surface area contributed by atoms with Crippen LogP contribution in [-0.4, -0.2) is 17.3 Å². The Morgan fingerprint density at radius 1 is 1.62 bits per heavy atom. The Morgan fingerprint density at radius 2 is 2.31 bits per heavy atom. The van der Waals surface area contributed by atoms with Gasteiger partial charge in [-0.3, -0.25) is 14.9 Å². The summed E-state index contributed by atoms with van der Waals surface area (Å²) in [7, 11) is 0. The van der Waals surface area contributed by atoms with Gasteiger partial charge in [0, 0.05) is 6.07 Å². The number of hydrogen-bond acceptors (Lipinski definition) is 4. The lowest BCUT2D eigenvalue weighted by atomic mass is 10.2. The van der Waals surface area contributed by atoms with Crippen molar-refractivity contribution < 1.29 is 14.5 Å². The molecule has 1 aromatic rings. The number of nitro benzene ring substituents is 1. The third-order valence-electron chi connectivity index (χ3n) is 1.87. The van der Waals surface area contributed by atoms with E-state index in [0.717, 1.165) is 0 Å². The van der Waals surface area contributed by atoms with Crippen molar-refractivity contribution in [2.75, 3.05) is 0 Å². The fraction of sp³-hybridized carbons (Fsp3) is 0.182. The van der Waals surface area contributed by atoms with Gasteiger partial charge in [-0.15, -0.1) is 6.42 Å². The van der Waals surface area contributed by atoms with E-state index in [-0.39, 0.29) is 11.3 Å². The predicted octanol–water partition coefficient (Wildman–Crippen LogP) is 1.81. The monoisotopic (exact) mass is 219 g/mol. The van der Waals surface area contributed by atoms with Crippen molar-refractivity contribution in [3.8, 4) is 18.1 Å². The van der Waals surface area contributed by atoms with Gasteiger partial charge in [0.25, 0.3) is 5.69 Å². The standard InChI is InChI=1S/C11H9NO4/c1-3-8(2)16-10-4-5-11(12(14)15)9(6-10)7-13/h1,4-8H,2H3. The highest BCUT2D eigenvalue weighted by molar-refractivity contribution is 5.82. The number of nitro groups is 1. The molecule has 0 spiro atoms. The molecule has 1 aromatic carbocycles. The Labute approximate surface area is 92.2 Å². The van der Waals surface area contributed by atoms with E-state index in [1.54, 1.807) is 6.92 Å². The van der Waals surface area contributed by atoms with Gasteiger partial charge in [0.15, 0.2) is 12.4 Å². The number of aldehydes is 1. The largest absolute Gasteiger partial charge is 0.478 e. The van der Waals surface area contributed by atoms with Crippen molar-refractivity contribution in [3.63, 3.8) is 0 Å². The molecule has 0 heterocycles. The lowest BCUT2D eigenvalue weighted by Crippen LogP contribution is -2.08. The molecule has 5 heteroatoms. The smallest absolute Gasteiger partial charge is 0.280 e. The third-order valence-corrected chi connectivity index (χ3v) is 1.87. The van der Waals surface area contributed by atoms with Crippen LogP contribution < -0.4 is 4.74 Å². The Balaban J connectivity index is 3.05. The van der Waals surface area contributed by atoms with Crippen molar-refractivity contribution >= 4 is 12.0 Å². The zero-order chi connectivity index (χ0) is 12.1. The minimum absolute atomic E-state index is 0.0354. The van der Waals surface area contributed by atoms with Gasteiger partial charge < -0.3 is 4.74 Å². The second kappa shape index (κ2) is 4.94. The van der Waals surface area contributed by atoms with Crippen LogP contribution in [0.25, 0.3) is 0 Å². The van der Waals surface area contributed by atoms with E-state index in [9.17, 15) is 14.9 Å². The van der Waals surface area contributed by atoms with E-state index in [4.69, 9.17) is 11.2 Å². The van der Waals surface area contributed by atoms with E-state index in [0.29, 0.717) is 12.0 Å². The Morgan fingerprint density at radius 3 is 2.81 bits per heavy atom. The average molecular weight is 219 g/mol. The van der Waals surface area contributed by atoms with Gasteiger partial charge in [0.1, 0.15) is 5.75 Å². The van der Waals surface area contributed by atoms with Crippen LogP contribution in [0.1, 0.15) is 17.3 Å². The summed E-state index contributed by atoms with van der Waals surface area (Å²) in [5.41, 5.74) is -0.289. The lowest BCUT2D eigenvalue weighted by molar-refractivity contribution is -0.385. The molecule has 0 fully saturated rings. The summed E-state index contributed by atoms with van der Waals surface area (Å²) in [4.78, 5) is 20.6. The van der Waals surface area contributed by atoms with Crippen molar-refractivity contribution in [2.24, 2.45) is 0 Å². The molecule has 5 nitrogen and oxygen atoms in total. The second-order valence-electron chi connectivity index (χ2n) is 3.02. The summed E-state index contributed by atoms with van der Waals surface area (Å²) in [6, 6.07) is 3.90. The summed E-state index contributed by atoms with van der Waals surface area (Å²) >= 11 is 0. The lowest BCUT2D eigenvalue weighted by Gasteiger charge is -2.08. The van der Waals surface area contributed by atoms with E-state index in [2.05, 4.69) is 5.92 Å². The second-order valence-corrected chi connectivity index (χ2v) is 3.02.